The van der Waals surface area contributed by atoms with E-state index in [4.69, 9.17) is 0 Å². The molecule has 0 spiro atoms. The Labute approximate surface area is 175 Å². The van der Waals surface area contributed by atoms with Crippen molar-refractivity contribution in [3.63, 3.8) is 0 Å². The Kier molecular flexibility index (Phi) is 3.81. The predicted molar refractivity (Wildman–Crippen MR) is 118 cm³/mol. The molecule has 0 radical (unpaired) electrons. The highest BCUT2D eigenvalue weighted by atomic mass is 16.3. The molecular weight excluding hydrogens is 372 g/mol. The highest BCUT2D eigenvalue weighted by molar-refractivity contribution is 5.84. The third-order valence-corrected chi connectivity index (χ3v) is 7.00. The van der Waals surface area contributed by atoms with Crippen LogP contribution in [0.3, 0.4) is 0 Å². The van der Waals surface area contributed by atoms with Crippen molar-refractivity contribution in [2.45, 2.75) is 43.9 Å². The second-order valence-corrected chi connectivity index (χ2v) is 8.54. The fourth-order valence-electron chi connectivity index (χ4n) is 5.64. The average Bonchev–Trinajstić information content (AvgIpc) is 3.12. The van der Waals surface area contributed by atoms with Crippen LogP contribution in [0.25, 0.3) is 11.0 Å². The van der Waals surface area contributed by atoms with Gasteiger partial charge < -0.3 is 5.11 Å². The molecule has 150 valence electrons. The largest absolute Gasteiger partial charge is 0.378 e. The Hall–Kier alpha value is -3.11. The maximum Gasteiger partial charge on any atom is 0.329 e. The van der Waals surface area contributed by atoms with E-state index in [-0.39, 0.29) is 11.7 Å². The number of hydrogen-bond acceptors (Lipinski definition) is 2. The maximum absolute atomic E-state index is 13.7. The van der Waals surface area contributed by atoms with Crippen molar-refractivity contribution in [3.05, 3.63) is 106 Å². The number of aryl methyl sites for hydroxylation is 3. The molecule has 0 saturated carbocycles. The van der Waals surface area contributed by atoms with Crippen LogP contribution in [0.1, 0.15) is 41.1 Å². The molecule has 0 saturated heterocycles. The van der Waals surface area contributed by atoms with Gasteiger partial charge in [-0.1, -0.05) is 72.8 Å². The number of hydrogen-bond donors (Lipinski definition) is 1. The van der Waals surface area contributed by atoms with Gasteiger partial charge in [0.15, 0.2) is 0 Å². The van der Waals surface area contributed by atoms with E-state index in [2.05, 4.69) is 12.1 Å². The zero-order valence-corrected chi connectivity index (χ0v) is 16.8. The number of aliphatic hydroxyl groups is 1. The summed E-state index contributed by atoms with van der Waals surface area (Å²) in [6.07, 6.45) is 3.56. The standard InChI is InChI=1S/C26H24N2O2/c29-25-27-17-7-8-18-13-14-19-15-16-22(28(25)24(19)23(18)27)26(30,20-9-3-1-4-10-20)21-11-5-2-6-12-21/h1-6,9-14,22,30H,7-8,15-17H2/t22-/m1/s1. The van der Waals surface area contributed by atoms with E-state index in [1.165, 1.54) is 11.1 Å². The Balaban J connectivity index is 1.67. The lowest BCUT2D eigenvalue weighted by atomic mass is 9.76. The van der Waals surface area contributed by atoms with E-state index in [0.717, 1.165) is 48.0 Å². The summed E-state index contributed by atoms with van der Waals surface area (Å²) in [4.78, 5) is 13.7. The number of nitrogens with zero attached hydrogens (tertiary/aromatic N) is 2. The first-order chi connectivity index (χ1) is 14.7. The van der Waals surface area contributed by atoms with Gasteiger partial charge in [0.25, 0.3) is 0 Å². The van der Waals surface area contributed by atoms with Gasteiger partial charge in [-0.05, 0) is 47.9 Å². The van der Waals surface area contributed by atoms with Crippen LogP contribution in [-0.4, -0.2) is 14.2 Å². The quantitative estimate of drug-likeness (QED) is 0.565. The smallest absolute Gasteiger partial charge is 0.329 e. The van der Waals surface area contributed by atoms with Crippen LogP contribution >= 0.6 is 0 Å². The third-order valence-electron chi connectivity index (χ3n) is 7.00. The zero-order chi connectivity index (χ0) is 20.3. The summed E-state index contributed by atoms with van der Waals surface area (Å²) < 4.78 is 3.84. The molecule has 0 aliphatic carbocycles. The lowest BCUT2D eigenvalue weighted by Crippen LogP contribution is -2.43. The molecule has 0 bridgehead atoms. The van der Waals surface area contributed by atoms with Crippen LogP contribution < -0.4 is 5.69 Å². The van der Waals surface area contributed by atoms with Crippen molar-refractivity contribution < 1.29 is 5.11 Å². The Morgan fingerprint density at radius 3 is 2.03 bits per heavy atom. The van der Waals surface area contributed by atoms with Crippen LogP contribution in [-0.2, 0) is 25.0 Å². The number of aromatic nitrogens is 2. The molecule has 1 atom stereocenters. The summed E-state index contributed by atoms with van der Waals surface area (Å²) >= 11 is 0. The van der Waals surface area contributed by atoms with E-state index < -0.39 is 5.60 Å². The summed E-state index contributed by atoms with van der Waals surface area (Å²) in [7, 11) is 0. The van der Waals surface area contributed by atoms with E-state index in [9.17, 15) is 9.90 Å². The van der Waals surface area contributed by atoms with Crippen LogP contribution in [0, 0.1) is 0 Å². The molecule has 4 aromatic rings. The van der Waals surface area contributed by atoms with Crippen molar-refractivity contribution in [3.8, 4) is 0 Å². The van der Waals surface area contributed by atoms with Gasteiger partial charge in [-0.25, -0.2) is 4.79 Å². The van der Waals surface area contributed by atoms with Crippen LogP contribution in [0.15, 0.2) is 77.6 Å². The Morgan fingerprint density at radius 1 is 0.800 bits per heavy atom. The van der Waals surface area contributed by atoms with E-state index in [1.54, 1.807) is 0 Å². The topological polar surface area (TPSA) is 47.2 Å². The van der Waals surface area contributed by atoms with Gasteiger partial charge in [-0.3, -0.25) is 9.13 Å². The summed E-state index contributed by atoms with van der Waals surface area (Å²) in [6, 6.07) is 23.6. The monoisotopic (exact) mass is 396 g/mol. The van der Waals surface area contributed by atoms with Gasteiger partial charge in [0.05, 0.1) is 17.1 Å². The van der Waals surface area contributed by atoms with E-state index in [0.29, 0.717) is 6.42 Å². The average molecular weight is 396 g/mol. The summed E-state index contributed by atoms with van der Waals surface area (Å²) in [5.74, 6) is 0. The molecule has 1 aromatic heterocycles. The number of benzene rings is 3. The second-order valence-electron chi connectivity index (χ2n) is 8.54. The van der Waals surface area contributed by atoms with Crippen LogP contribution in [0.2, 0.25) is 0 Å². The summed E-state index contributed by atoms with van der Waals surface area (Å²) in [6.45, 7) is 0.751. The Morgan fingerprint density at radius 2 is 1.40 bits per heavy atom. The number of imidazole rings is 1. The minimum absolute atomic E-state index is 0.00777. The first kappa shape index (κ1) is 17.7. The predicted octanol–water partition coefficient (Wildman–Crippen LogP) is 4.17. The van der Waals surface area contributed by atoms with Gasteiger partial charge in [-0.2, -0.15) is 0 Å². The summed E-state index contributed by atoms with van der Waals surface area (Å²) in [5, 5.41) is 12.4. The molecule has 0 fully saturated rings. The second kappa shape index (κ2) is 6.44. The highest BCUT2D eigenvalue weighted by Crippen LogP contribution is 2.46. The minimum Gasteiger partial charge on any atom is -0.378 e. The van der Waals surface area contributed by atoms with Crippen molar-refractivity contribution in [1.82, 2.24) is 9.13 Å². The molecule has 0 amide bonds. The first-order valence-corrected chi connectivity index (χ1v) is 10.8. The normalized spacial score (nSPS) is 18.0. The molecular formula is C26H24N2O2. The highest BCUT2D eigenvalue weighted by Gasteiger charge is 2.45. The lowest BCUT2D eigenvalue weighted by molar-refractivity contribution is 0.0167. The molecule has 0 unspecified atom stereocenters. The van der Waals surface area contributed by atoms with Gasteiger partial charge in [0.2, 0.25) is 0 Å². The fraction of sp³-hybridized carbons (Fsp3) is 0.269. The zero-order valence-electron chi connectivity index (χ0n) is 16.8. The molecule has 1 N–H and O–H groups in total. The van der Waals surface area contributed by atoms with Crippen molar-refractivity contribution in [2.24, 2.45) is 0 Å². The molecule has 2 aliphatic rings. The SMILES string of the molecule is O=c1n2c3c(ccc4c3n1[C@@H](C(O)(c1ccccc1)c1ccccc1)CC4)CCC2. The van der Waals surface area contributed by atoms with Gasteiger partial charge in [0.1, 0.15) is 5.60 Å². The third kappa shape index (κ3) is 2.28. The summed E-state index contributed by atoms with van der Waals surface area (Å²) in [5.41, 5.74) is 4.94. The molecule has 6 rings (SSSR count). The fourth-order valence-corrected chi connectivity index (χ4v) is 5.64. The van der Waals surface area contributed by atoms with Crippen LogP contribution in [0.4, 0.5) is 0 Å². The van der Waals surface area contributed by atoms with Crippen LogP contribution in [0.5, 0.6) is 0 Å². The van der Waals surface area contributed by atoms with E-state index in [1.807, 2.05) is 69.8 Å². The van der Waals surface area contributed by atoms with Crippen molar-refractivity contribution in [1.29, 1.82) is 0 Å². The number of rotatable bonds is 3. The molecule has 30 heavy (non-hydrogen) atoms. The maximum atomic E-state index is 13.7. The molecule has 4 heteroatoms. The molecule has 2 aliphatic heterocycles. The Bertz CT molecular complexity index is 1260. The molecule has 4 nitrogen and oxygen atoms in total. The van der Waals surface area contributed by atoms with Crippen molar-refractivity contribution in [2.75, 3.05) is 0 Å². The first-order valence-electron chi connectivity index (χ1n) is 10.8. The van der Waals surface area contributed by atoms with Crippen molar-refractivity contribution >= 4 is 11.0 Å². The van der Waals surface area contributed by atoms with Gasteiger partial charge >= 0.3 is 5.69 Å². The molecule has 3 aromatic carbocycles. The molecule has 3 heterocycles. The lowest BCUT2D eigenvalue weighted by Gasteiger charge is -2.40. The van der Waals surface area contributed by atoms with Gasteiger partial charge in [-0.15, -0.1) is 0 Å². The van der Waals surface area contributed by atoms with Gasteiger partial charge in [0, 0.05) is 6.54 Å². The minimum atomic E-state index is -1.28. The van der Waals surface area contributed by atoms with E-state index >= 15 is 0 Å².